The molecule has 116 valence electrons. The van der Waals surface area contributed by atoms with E-state index in [0.717, 1.165) is 11.4 Å². The highest BCUT2D eigenvalue weighted by molar-refractivity contribution is 7.91. The Morgan fingerprint density at radius 2 is 2.15 bits per heavy atom. The number of methoxy groups -OCH3 is 1. The molecule has 1 aromatic rings. The van der Waals surface area contributed by atoms with Crippen LogP contribution in [0.3, 0.4) is 0 Å². The second-order valence-electron chi connectivity index (χ2n) is 4.39. The molecule has 0 bridgehead atoms. The maximum absolute atomic E-state index is 12.0. The van der Waals surface area contributed by atoms with Crippen molar-refractivity contribution in [2.75, 3.05) is 47.0 Å². The number of rotatable bonds is 10. The summed E-state index contributed by atoms with van der Waals surface area (Å²) in [5.74, 6) is 0. The Hall–Kier alpha value is -0.510. The van der Waals surface area contributed by atoms with Crippen LogP contribution in [0.5, 0.6) is 0 Å². The van der Waals surface area contributed by atoms with Crippen molar-refractivity contribution in [1.29, 1.82) is 0 Å². The molecule has 2 N–H and O–H groups in total. The third-order valence-corrected chi connectivity index (χ3v) is 5.82. The van der Waals surface area contributed by atoms with Gasteiger partial charge in [0.1, 0.15) is 4.21 Å². The molecule has 1 rings (SSSR count). The number of hydrogen-bond donors (Lipinski definition) is 2. The molecule has 0 atom stereocenters. The molecule has 0 saturated carbocycles. The molecule has 20 heavy (non-hydrogen) atoms. The Morgan fingerprint density at radius 3 is 2.80 bits per heavy atom. The van der Waals surface area contributed by atoms with E-state index >= 15 is 0 Å². The van der Waals surface area contributed by atoms with E-state index in [4.69, 9.17) is 9.84 Å². The first kappa shape index (κ1) is 17.5. The average Bonchev–Trinajstić information content (AvgIpc) is 2.86. The van der Waals surface area contributed by atoms with E-state index in [0.29, 0.717) is 30.3 Å². The number of nitrogens with one attached hydrogen (secondary N) is 1. The summed E-state index contributed by atoms with van der Waals surface area (Å²) in [6.45, 7) is 2.39. The molecule has 0 spiro atoms. The second-order valence-corrected chi connectivity index (χ2v) is 7.55. The van der Waals surface area contributed by atoms with Crippen LogP contribution in [0.25, 0.3) is 0 Å². The smallest absolute Gasteiger partial charge is 0.250 e. The van der Waals surface area contributed by atoms with E-state index in [-0.39, 0.29) is 6.61 Å². The van der Waals surface area contributed by atoms with Crippen molar-refractivity contribution < 1.29 is 18.3 Å². The lowest BCUT2D eigenvalue weighted by Gasteiger charge is -2.15. The fraction of sp³-hybridized carbons (Fsp3) is 0.667. The lowest BCUT2D eigenvalue weighted by molar-refractivity contribution is 0.162. The molecule has 6 nitrogen and oxygen atoms in total. The zero-order chi connectivity index (χ0) is 15.0. The van der Waals surface area contributed by atoms with Crippen molar-refractivity contribution in [3.8, 4) is 0 Å². The number of aliphatic hydroxyl groups is 1. The number of sulfonamides is 1. The van der Waals surface area contributed by atoms with Gasteiger partial charge in [0, 0.05) is 44.6 Å². The zero-order valence-corrected chi connectivity index (χ0v) is 13.5. The van der Waals surface area contributed by atoms with Gasteiger partial charge in [-0.1, -0.05) is 0 Å². The largest absolute Gasteiger partial charge is 0.396 e. The number of likely N-dealkylation sites (N-methyl/N-ethyl adjacent to an activating group) is 1. The van der Waals surface area contributed by atoms with Gasteiger partial charge in [-0.15, -0.1) is 11.3 Å². The standard InChI is InChI=1S/C12H22N2O4S2/c1-14(8-10-18-2)7-6-13-20(16,17)12-4-3-11(19-12)5-9-15/h3-4,13,15H,5-10H2,1-2H3. The summed E-state index contributed by atoms with van der Waals surface area (Å²) in [4.78, 5) is 2.86. The lowest BCUT2D eigenvalue weighted by Crippen LogP contribution is -2.34. The van der Waals surface area contributed by atoms with Gasteiger partial charge in [0.2, 0.25) is 10.0 Å². The van der Waals surface area contributed by atoms with Gasteiger partial charge in [-0.2, -0.15) is 0 Å². The molecule has 0 unspecified atom stereocenters. The van der Waals surface area contributed by atoms with Gasteiger partial charge >= 0.3 is 0 Å². The minimum Gasteiger partial charge on any atom is -0.396 e. The molecule has 0 aliphatic heterocycles. The van der Waals surface area contributed by atoms with Gasteiger partial charge in [0.15, 0.2) is 0 Å². The summed E-state index contributed by atoms with van der Waals surface area (Å²) in [6.07, 6.45) is 0.486. The average molecular weight is 322 g/mol. The molecule has 0 saturated heterocycles. The van der Waals surface area contributed by atoms with Gasteiger partial charge in [-0.3, -0.25) is 0 Å². The van der Waals surface area contributed by atoms with Crippen molar-refractivity contribution in [3.05, 3.63) is 17.0 Å². The van der Waals surface area contributed by atoms with E-state index in [1.54, 1.807) is 19.2 Å². The molecular weight excluding hydrogens is 300 g/mol. The van der Waals surface area contributed by atoms with E-state index in [9.17, 15) is 8.42 Å². The molecule has 1 heterocycles. The number of thiophene rings is 1. The Morgan fingerprint density at radius 1 is 1.40 bits per heavy atom. The zero-order valence-electron chi connectivity index (χ0n) is 11.8. The number of aliphatic hydroxyl groups excluding tert-OH is 1. The SMILES string of the molecule is COCCN(C)CCNS(=O)(=O)c1ccc(CCO)s1. The van der Waals surface area contributed by atoms with Crippen LogP contribution in [0.2, 0.25) is 0 Å². The predicted molar refractivity (Wildman–Crippen MR) is 79.7 cm³/mol. The Bertz CT molecular complexity index is 487. The Labute approximate surface area is 124 Å². The van der Waals surface area contributed by atoms with Crippen LogP contribution in [-0.4, -0.2) is 65.4 Å². The van der Waals surface area contributed by atoms with Crippen LogP contribution in [-0.2, 0) is 21.2 Å². The van der Waals surface area contributed by atoms with Gasteiger partial charge in [-0.05, 0) is 19.2 Å². The highest BCUT2D eigenvalue weighted by Crippen LogP contribution is 2.21. The van der Waals surface area contributed by atoms with Gasteiger partial charge in [0.25, 0.3) is 0 Å². The molecule has 8 heteroatoms. The van der Waals surface area contributed by atoms with Crippen LogP contribution in [0, 0.1) is 0 Å². The summed E-state index contributed by atoms with van der Waals surface area (Å²) in [5.41, 5.74) is 0. The number of ether oxygens (including phenoxy) is 1. The highest BCUT2D eigenvalue weighted by Gasteiger charge is 2.16. The lowest BCUT2D eigenvalue weighted by atomic mass is 10.4. The normalized spacial score (nSPS) is 12.2. The first-order valence-electron chi connectivity index (χ1n) is 6.36. The minimum absolute atomic E-state index is 0.0255. The highest BCUT2D eigenvalue weighted by atomic mass is 32.2. The van der Waals surface area contributed by atoms with Crippen LogP contribution in [0.1, 0.15) is 4.88 Å². The molecule has 0 fully saturated rings. The van der Waals surface area contributed by atoms with Crippen LogP contribution in [0.4, 0.5) is 0 Å². The first-order valence-corrected chi connectivity index (χ1v) is 8.66. The minimum atomic E-state index is -3.44. The van der Waals surface area contributed by atoms with Crippen LogP contribution in [0.15, 0.2) is 16.3 Å². The van der Waals surface area contributed by atoms with Crippen molar-refractivity contribution in [3.63, 3.8) is 0 Å². The third-order valence-electron chi connectivity index (χ3n) is 2.72. The monoisotopic (exact) mass is 322 g/mol. The molecule has 0 aliphatic rings. The van der Waals surface area contributed by atoms with E-state index in [1.165, 1.54) is 11.3 Å². The maximum atomic E-state index is 12.0. The first-order chi connectivity index (χ1) is 9.49. The van der Waals surface area contributed by atoms with Gasteiger partial charge in [0.05, 0.1) is 6.61 Å². The second kappa shape index (κ2) is 8.71. The molecule has 0 aliphatic carbocycles. The molecule has 1 aromatic heterocycles. The predicted octanol–water partition coefficient (Wildman–Crippen LogP) is 0.139. The Balaban J connectivity index is 2.44. The number of nitrogens with zero attached hydrogens (tertiary/aromatic N) is 1. The molecule has 0 amide bonds. The summed E-state index contributed by atoms with van der Waals surface area (Å²) < 4.78 is 31.9. The molecule has 0 aromatic carbocycles. The van der Waals surface area contributed by atoms with E-state index in [1.807, 2.05) is 11.9 Å². The van der Waals surface area contributed by atoms with Crippen molar-refractivity contribution >= 4 is 21.4 Å². The van der Waals surface area contributed by atoms with Crippen LogP contribution < -0.4 is 4.72 Å². The maximum Gasteiger partial charge on any atom is 0.250 e. The fourth-order valence-electron chi connectivity index (χ4n) is 1.55. The Kier molecular flexibility index (Phi) is 7.63. The van der Waals surface area contributed by atoms with Crippen LogP contribution >= 0.6 is 11.3 Å². The summed E-state index contributed by atoms with van der Waals surface area (Å²) in [7, 11) is 0.106. The van der Waals surface area contributed by atoms with Gasteiger partial charge in [-0.25, -0.2) is 13.1 Å². The molecular formula is C12H22N2O4S2. The quantitative estimate of drug-likeness (QED) is 0.641. The fourth-order valence-corrected chi connectivity index (χ4v) is 3.96. The van der Waals surface area contributed by atoms with Crippen molar-refractivity contribution in [2.24, 2.45) is 0 Å². The topological polar surface area (TPSA) is 78.9 Å². The number of hydrogen-bond acceptors (Lipinski definition) is 6. The summed E-state index contributed by atoms with van der Waals surface area (Å²) in [6, 6.07) is 3.31. The summed E-state index contributed by atoms with van der Waals surface area (Å²) >= 11 is 1.19. The molecule has 0 radical (unpaired) electrons. The van der Waals surface area contributed by atoms with Gasteiger partial charge < -0.3 is 14.7 Å². The van der Waals surface area contributed by atoms with Crippen molar-refractivity contribution in [2.45, 2.75) is 10.6 Å². The summed E-state index contributed by atoms with van der Waals surface area (Å²) in [5, 5.41) is 8.83. The van der Waals surface area contributed by atoms with E-state index < -0.39 is 10.0 Å². The third kappa shape index (κ3) is 5.86. The van der Waals surface area contributed by atoms with Crippen molar-refractivity contribution in [1.82, 2.24) is 9.62 Å². The van der Waals surface area contributed by atoms with E-state index in [2.05, 4.69) is 4.72 Å².